The van der Waals surface area contributed by atoms with Crippen molar-refractivity contribution in [1.29, 1.82) is 0 Å². The molecule has 0 saturated carbocycles. The number of anilines is 1. The number of nitrogens with two attached hydrogens (primary N) is 1. The Morgan fingerprint density at radius 2 is 2.20 bits per heavy atom. The van der Waals surface area contributed by atoms with Crippen molar-refractivity contribution in [3.05, 3.63) is 46.6 Å². The van der Waals surface area contributed by atoms with E-state index in [1.54, 1.807) is 10.7 Å². The van der Waals surface area contributed by atoms with Crippen LogP contribution in [0.1, 0.15) is 11.1 Å². The van der Waals surface area contributed by atoms with Crippen molar-refractivity contribution in [1.82, 2.24) is 9.78 Å². The van der Waals surface area contributed by atoms with Gasteiger partial charge in [0.2, 0.25) is 0 Å². The minimum Gasteiger partial charge on any atom is -0.382 e. The minimum atomic E-state index is 0.542. The molecule has 4 heteroatoms. The molecule has 0 fully saturated rings. The third-order valence-corrected chi connectivity index (χ3v) is 2.65. The highest BCUT2D eigenvalue weighted by atomic mass is 35.5. The molecule has 0 aliphatic rings. The molecule has 0 atom stereocenters. The van der Waals surface area contributed by atoms with Gasteiger partial charge in [0, 0.05) is 11.2 Å². The molecule has 0 spiro atoms. The van der Waals surface area contributed by atoms with Gasteiger partial charge in [-0.3, -0.25) is 4.68 Å². The second kappa shape index (κ2) is 3.95. The van der Waals surface area contributed by atoms with E-state index in [4.69, 9.17) is 17.3 Å². The fourth-order valence-electron chi connectivity index (χ4n) is 1.46. The molecule has 3 nitrogen and oxygen atoms in total. The SMILES string of the molecule is Cc1cc(Cn2ccc(N)n2)ccc1Cl. The predicted octanol–water partition coefficient (Wildman–Crippen LogP) is 2.48. The van der Waals surface area contributed by atoms with Crippen LogP contribution in [0.5, 0.6) is 0 Å². The minimum absolute atomic E-state index is 0.542. The molecule has 2 N–H and O–H groups in total. The summed E-state index contributed by atoms with van der Waals surface area (Å²) in [6.07, 6.45) is 1.86. The van der Waals surface area contributed by atoms with Gasteiger partial charge in [0.15, 0.2) is 0 Å². The van der Waals surface area contributed by atoms with Crippen LogP contribution in [-0.4, -0.2) is 9.78 Å². The topological polar surface area (TPSA) is 43.8 Å². The monoisotopic (exact) mass is 221 g/mol. The first-order chi connectivity index (χ1) is 7.15. The lowest BCUT2D eigenvalue weighted by Gasteiger charge is -2.04. The molecule has 2 rings (SSSR count). The molecule has 1 aromatic carbocycles. The van der Waals surface area contributed by atoms with E-state index in [-0.39, 0.29) is 0 Å². The Morgan fingerprint density at radius 1 is 1.40 bits per heavy atom. The van der Waals surface area contributed by atoms with E-state index in [1.807, 2.05) is 25.3 Å². The summed E-state index contributed by atoms with van der Waals surface area (Å²) in [5.41, 5.74) is 7.78. The average Bonchev–Trinajstić information content (AvgIpc) is 2.58. The molecule has 0 unspecified atom stereocenters. The Morgan fingerprint density at radius 3 is 2.80 bits per heavy atom. The number of hydrogen-bond acceptors (Lipinski definition) is 2. The van der Waals surface area contributed by atoms with E-state index in [2.05, 4.69) is 11.2 Å². The molecular weight excluding hydrogens is 210 g/mol. The summed E-state index contributed by atoms with van der Waals surface area (Å²) < 4.78 is 1.80. The largest absolute Gasteiger partial charge is 0.382 e. The second-order valence-electron chi connectivity index (χ2n) is 3.52. The van der Waals surface area contributed by atoms with Crippen LogP contribution in [0.4, 0.5) is 5.82 Å². The molecule has 1 aromatic heterocycles. The summed E-state index contributed by atoms with van der Waals surface area (Å²) in [5, 5.41) is 4.91. The van der Waals surface area contributed by atoms with Crippen molar-refractivity contribution in [2.45, 2.75) is 13.5 Å². The number of nitrogens with zero attached hydrogens (tertiary/aromatic N) is 2. The molecule has 0 aliphatic heterocycles. The summed E-state index contributed by atoms with van der Waals surface area (Å²) in [4.78, 5) is 0. The van der Waals surface area contributed by atoms with Crippen LogP contribution in [0.15, 0.2) is 30.5 Å². The first-order valence-corrected chi connectivity index (χ1v) is 5.07. The molecule has 1 heterocycles. The lowest BCUT2D eigenvalue weighted by molar-refractivity contribution is 0.690. The molecule has 0 saturated heterocycles. The fourth-order valence-corrected chi connectivity index (χ4v) is 1.58. The van der Waals surface area contributed by atoms with Crippen molar-refractivity contribution < 1.29 is 0 Å². The molecule has 0 amide bonds. The van der Waals surface area contributed by atoms with E-state index < -0.39 is 0 Å². The van der Waals surface area contributed by atoms with Gasteiger partial charge >= 0.3 is 0 Å². The molecule has 2 aromatic rings. The number of halogens is 1. The smallest absolute Gasteiger partial charge is 0.145 e. The Labute approximate surface area is 93.5 Å². The number of aromatic nitrogens is 2. The van der Waals surface area contributed by atoms with Crippen molar-refractivity contribution in [2.24, 2.45) is 0 Å². The average molecular weight is 222 g/mol. The zero-order valence-corrected chi connectivity index (χ0v) is 9.20. The normalized spacial score (nSPS) is 10.5. The standard InChI is InChI=1S/C11H12ClN3/c1-8-6-9(2-3-10(8)12)7-15-5-4-11(13)14-15/h2-6H,7H2,1H3,(H2,13,14). The molecular formula is C11H12ClN3. The van der Waals surface area contributed by atoms with Gasteiger partial charge in [-0.15, -0.1) is 0 Å². The summed E-state index contributed by atoms with van der Waals surface area (Å²) in [6.45, 7) is 2.71. The maximum absolute atomic E-state index is 5.95. The van der Waals surface area contributed by atoms with E-state index in [1.165, 1.54) is 5.56 Å². The van der Waals surface area contributed by atoms with Crippen molar-refractivity contribution in [2.75, 3.05) is 5.73 Å². The van der Waals surface area contributed by atoms with E-state index in [9.17, 15) is 0 Å². The zero-order chi connectivity index (χ0) is 10.8. The van der Waals surface area contributed by atoms with Crippen LogP contribution in [0.25, 0.3) is 0 Å². The maximum Gasteiger partial charge on any atom is 0.145 e. The Balaban J connectivity index is 2.21. The van der Waals surface area contributed by atoms with Gasteiger partial charge in [0.1, 0.15) is 5.82 Å². The summed E-state index contributed by atoms with van der Waals surface area (Å²) in [5.74, 6) is 0.542. The molecule has 0 radical (unpaired) electrons. The van der Waals surface area contributed by atoms with Gasteiger partial charge < -0.3 is 5.73 Å². The molecule has 78 valence electrons. The first-order valence-electron chi connectivity index (χ1n) is 4.69. The van der Waals surface area contributed by atoms with Gasteiger partial charge in [-0.2, -0.15) is 5.10 Å². The fraction of sp³-hybridized carbons (Fsp3) is 0.182. The second-order valence-corrected chi connectivity index (χ2v) is 3.93. The third kappa shape index (κ3) is 2.30. The Bertz CT molecular complexity index is 476. The van der Waals surface area contributed by atoms with Crippen LogP contribution >= 0.6 is 11.6 Å². The van der Waals surface area contributed by atoms with Crippen molar-refractivity contribution >= 4 is 17.4 Å². The van der Waals surface area contributed by atoms with E-state index in [0.29, 0.717) is 5.82 Å². The van der Waals surface area contributed by atoms with Crippen LogP contribution in [0.2, 0.25) is 5.02 Å². The van der Waals surface area contributed by atoms with Crippen LogP contribution in [0.3, 0.4) is 0 Å². The number of hydrogen-bond donors (Lipinski definition) is 1. The van der Waals surface area contributed by atoms with Gasteiger partial charge in [-0.25, -0.2) is 0 Å². The lowest BCUT2D eigenvalue weighted by atomic mass is 10.1. The quantitative estimate of drug-likeness (QED) is 0.847. The molecule has 0 bridgehead atoms. The lowest BCUT2D eigenvalue weighted by Crippen LogP contribution is -2.01. The van der Waals surface area contributed by atoms with Gasteiger partial charge in [-0.1, -0.05) is 23.7 Å². The zero-order valence-electron chi connectivity index (χ0n) is 8.44. The van der Waals surface area contributed by atoms with Crippen molar-refractivity contribution in [3.8, 4) is 0 Å². The molecule has 15 heavy (non-hydrogen) atoms. The maximum atomic E-state index is 5.95. The highest BCUT2D eigenvalue weighted by Crippen LogP contribution is 2.16. The summed E-state index contributed by atoms with van der Waals surface area (Å²) >= 11 is 5.95. The van der Waals surface area contributed by atoms with Crippen LogP contribution in [0, 0.1) is 6.92 Å². The number of rotatable bonds is 2. The number of benzene rings is 1. The highest BCUT2D eigenvalue weighted by Gasteiger charge is 2.00. The third-order valence-electron chi connectivity index (χ3n) is 2.23. The van der Waals surface area contributed by atoms with Crippen LogP contribution < -0.4 is 5.73 Å². The highest BCUT2D eigenvalue weighted by molar-refractivity contribution is 6.31. The number of aryl methyl sites for hydroxylation is 1. The van der Waals surface area contributed by atoms with Gasteiger partial charge in [0.05, 0.1) is 6.54 Å². The number of nitrogen functional groups attached to an aromatic ring is 1. The van der Waals surface area contributed by atoms with E-state index in [0.717, 1.165) is 17.1 Å². The van der Waals surface area contributed by atoms with E-state index >= 15 is 0 Å². The predicted molar refractivity (Wildman–Crippen MR) is 61.9 cm³/mol. The Kier molecular flexibility index (Phi) is 2.64. The first kappa shape index (κ1) is 10.1. The Hall–Kier alpha value is -1.48. The van der Waals surface area contributed by atoms with Crippen LogP contribution in [-0.2, 0) is 6.54 Å². The molecule has 0 aliphatic carbocycles. The van der Waals surface area contributed by atoms with Gasteiger partial charge in [0.25, 0.3) is 0 Å². The summed E-state index contributed by atoms with van der Waals surface area (Å²) in [6, 6.07) is 7.73. The van der Waals surface area contributed by atoms with Crippen molar-refractivity contribution in [3.63, 3.8) is 0 Å². The van der Waals surface area contributed by atoms with Gasteiger partial charge in [-0.05, 0) is 30.2 Å². The summed E-state index contributed by atoms with van der Waals surface area (Å²) in [7, 11) is 0.